The summed E-state index contributed by atoms with van der Waals surface area (Å²) in [6, 6.07) is 26.1. The first-order chi connectivity index (χ1) is 15.4. The number of benzene rings is 4. The lowest BCUT2D eigenvalue weighted by molar-refractivity contribution is -0.662. The lowest BCUT2D eigenvalue weighted by Gasteiger charge is -2.27. The van der Waals surface area contributed by atoms with Gasteiger partial charge in [-0.25, -0.2) is 4.57 Å². The summed E-state index contributed by atoms with van der Waals surface area (Å²) in [7, 11) is 0.175. The molecular weight excluding hydrogens is 408 g/mol. The van der Waals surface area contributed by atoms with Crippen LogP contribution in [0.2, 0.25) is 13.1 Å². The summed E-state index contributed by atoms with van der Waals surface area (Å²) < 4.78 is 8.77. The zero-order valence-electron chi connectivity index (χ0n) is 18.8. The van der Waals surface area contributed by atoms with Gasteiger partial charge in [0.05, 0.1) is 12.6 Å². The lowest BCUT2D eigenvalue weighted by Crippen LogP contribution is -2.52. The SMILES string of the molecule is Cc1c2c(cc3ccccc13)Oc1cc([Si](C)(C)c3ccccc3)cc3nc[n+](C)c-2c13. The predicted molar refractivity (Wildman–Crippen MR) is 134 cm³/mol. The first kappa shape index (κ1) is 19.2. The van der Waals surface area contributed by atoms with Crippen molar-refractivity contribution in [3.8, 4) is 22.8 Å². The summed E-state index contributed by atoms with van der Waals surface area (Å²) >= 11 is 0. The van der Waals surface area contributed by atoms with Crippen LogP contribution in [0.4, 0.5) is 0 Å². The predicted octanol–water partition coefficient (Wildman–Crippen LogP) is 5.12. The van der Waals surface area contributed by atoms with E-state index < -0.39 is 8.07 Å². The van der Waals surface area contributed by atoms with E-state index in [2.05, 4.69) is 104 Å². The van der Waals surface area contributed by atoms with Crippen molar-refractivity contribution >= 4 is 40.1 Å². The van der Waals surface area contributed by atoms with Crippen LogP contribution in [0.15, 0.2) is 79.1 Å². The highest BCUT2D eigenvalue weighted by Gasteiger charge is 2.33. The third-order valence-corrected chi connectivity index (χ3v) is 10.5. The number of ether oxygens (including phenoxy) is 1. The van der Waals surface area contributed by atoms with E-state index in [1.54, 1.807) is 0 Å². The van der Waals surface area contributed by atoms with Crippen LogP contribution in [0, 0.1) is 6.92 Å². The fourth-order valence-corrected chi connectivity index (χ4v) is 7.43. The number of aromatic nitrogens is 2. The molecule has 156 valence electrons. The Morgan fingerprint density at radius 1 is 0.844 bits per heavy atom. The Balaban J connectivity index is 1.66. The van der Waals surface area contributed by atoms with Crippen LogP contribution in [0.1, 0.15) is 5.56 Å². The molecule has 1 aliphatic rings. The minimum atomic E-state index is -1.90. The molecule has 2 heterocycles. The molecule has 0 bridgehead atoms. The Kier molecular flexibility index (Phi) is 4.05. The van der Waals surface area contributed by atoms with Crippen LogP contribution < -0.4 is 19.7 Å². The quantitative estimate of drug-likeness (QED) is 0.280. The molecule has 0 saturated heterocycles. The maximum absolute atomic E-state index is 6.63. The van der Waals surface area contributed by atoms with Gasteiger partial charge in [0.2, 0.25) is 0 Å². The van der Waals surface area contributed by atoms with E-state index in [0.717, 1.165) is 22.4 Å². The molecule has 5 aromatic rings. The van der Waals surface area contributed by atoms with Crippen LogP contribution >= 0.6 is 0 Å². The minimum Gasteiger partial charge on any atom is -0.456 e. The van der Waals surface area contributed by atoms with E-state index in [9.17, 15) is 0 Å². The molecule has 0 N–H and O–H groups in total. The van der Waals surface area contributed by atoms with Crippen molar-refractivity contribution in [3.63, 3.8) is 0 Å². The van der Waals surface area contributed by atoms with Crippen molar-refractivity contribution in [2.75, 3.05) is 0 Å². The van der Waals surface area contributed by atoms with Gasteiger partial charge in [0.15, 0.2) is 11.2 Å². The van der Waals surface area contributed by atoms with Gasteiger partial charge in [-0.15, -0.1) is 0 Å². The minimum absolute atomic E-state index is 0.912. The summed E-state index contributed by atoms with van der Waals surface area (Å²) in [5.74, 6) is 1.84. The molecule has 3 nitrogen and oxygen atoms in total. The van der Waals surface area contributed by atoms with Gasteiger partial charge in [-0.3, -0.25) is 0 Å². The topological polar surface area (TPSA) is 26.0 Å². The molecule has 0 fully saturated rings. The summed E-state index contributed by atoms with van der Waals surface area (Å²) in [6.45, 7) is 6.99. The van der Waals surface area contributed by atoms with Crippen molar-refractivity contribution in [3.05, 3.63) is 84.7 Å². The molecule has 0 amide bonds. The van der Waals surface area contributed by atoms with Crippen molar-refractivity contribution in [1.29, 1.82) is 0 Å². The Morgan fingerprint density at radius 2 is 1.59 bits per heavy atom. The molecule has 32 heavy (non-hydrogen) atoms. The fraction of sp³-hybridized carbons (Fsp3) is 0.143. The van der Waals surface area contributed by atoms with E-state index in [1.165, 1.54) is 38.0 Å². The van der Waals surface area contributed by atoms with Crippen LogP contribution in [0.5, 0.6) is 11.5 Å². The molecule has 4 aromatic carbocycles. The average Bonchev–Trinajstić information content (AvgIpc) is 2.81. The summed E-state index contributed by atoms with van der Waals surface area (Å²) in [5, 5.41) is 6.31. The standard InChI is InChI=1S/C28H25N2OSi/c1-18-22-13-9-8-10-19(22)14-24-26(18)28-27-23(29-17-30(28)2)15-21(16-25(27)31-24)32(3,4)20-11-6-5-7-12-20/h5-17H,1-4H3/q+1. The second-order valence-electron chi connectivity index (χ2n) is 9.26. The second kappa shape index (κ2) is 6.75. The molecule has 1 aromatic heterocycles. The van der Waals surface area contributed by atoms with Crippen molar-refractivity contribution in [2.24, 2.45) is 7.05 Å². The molecule has 0 spiro atoms. The molecule has 0 aliphatic carbocycles. The number of rotatable bonds is 2. The molecular formula is C28H25N2OSi+. The zero-order chi connectivity index (χ0) is 22.0. The Bertz CT molecular complexity index is 1540. The smallest absolute Gasteiger partial charge is 0.287 e. The van der Waals surface area contributed by atoms with Gasteiger partial charge in [-0.05, 0) is 51.6 Å². The maximum Gasteiger partial charge on any atom is 0.287 e. The zero-order valence-corrected chi connectivity index (χ0v) is 19.8. The molecule has 0 atom stereocenters. The largest absolute Gasteiger partial charge is 0.456 e. The summed E-state index contributed by atoms with van der Waals surface area (Å²) in [4.78, 5) is 4.82. The number of hydrogen-bond donors (Lipinski definition) is 0. The van der Waals surface area contributed by atoms with Crippen molar-refractivity contribution in [1.82, 2.24) is 4.98 Å². The summed E-state index contributed by atoms with van der Waals surface area (Å²) in [6.07, 6.45) is 1.94. The van der Waals surface area contributed by atoms with Gasteiger partial charge in [0, 0.05) is 0 Å². The van der Waals surface area contributed by atoms with Crippen LogP contribution in [-0.4, -0.2) is 13.1 Å². The average molecular weight is 434 g/mol. The number of aryl methyl sites for hydroxylation is 2. The highest BCUT2D eigenvalue weighted by molar-refractivity contribution is 7.00. The Morgan fingerprint density at radius 3 is 2.41 bits per heavy atom. The van der Waals surface area contributed by atoms with E-state index >= 15 is 0 Å². The second-order valence-corrected chi connectivity index (χ2v) is 13.7. The van der Waals surface area contributed by atoms with Gasteiger partial charge >= 0.3 is 0 Å². The third-order valence-electron chi connectivity index (χ3n) is 6.99. The number of hydrogen-bond acceptors (Lipinski definition) is 2. The number of fused-ring (bicyclic) bond motifs is 3. The van der Waals surface area contributed by atoms with Crippen LogP contribution in [0.3, 0.4) is 0 Å². The van der Waals surface area contributed by atoms with Gasteiger partial charge in [0.25, 0.3) is 6.33 Å². The van der Waals surface area contributed by atoms with Crippen molar-refractivity contribution < 1.29 is 9.30 Å². The first-order valence-electron chi connectivity index (χ1n) is 11.0. The molecule has 0 unspecified atom stereocenters. The third kappa shape index (κ3) is 2.66. The Labute approximate surface area is 189 Å². The van der Waals surface area contributed by atoms with Gasteiger partial charge in [-0.1, -0.05) is 72.9 Å². The monoisotopic (exact) mass is 433 g/mol. The molecule has 0 radical (unpaired) electrons. The van der Waals surface area contributed by atoms with E-state index in [1.807, 2.05) is 6.33 Å². The number of nitrogens with zero attached hydrogens (tertiary/aromatic N) is 2. The van der Waals surface area contributed by atoms with E-state index in [0.29, 0.717) is 0 Å². The van der Waals surface area contributed by atoms with Crippen molar-refractivity contribution in [2.45, 2.75) is 20.0 Å². The summed E-state index contributed by atoms with van der Waals surface area (Å²) in [5.41, 5.74) is 4.59. The highest BCUT2D eigenvalue weighted by atomic mass is 28.3. The molecule has 0 saturated carbocycles. The normalized spacial score (nSPS) is 12.6. The maximum atomic E-state index is 6.63. The van der Waals surface area contributed by atoms with Crippen LogP contribution in [-0.2, 0) is 7.05 Å². The van der Waals surface area contributed by atoms with Crippen LogP contribution in [0.25, 0.3) is 32.9 Å². The first-order valence-corrected chi connectivity index (χ1v) is 14.0. The van der Waals surface area contributed by atoms with E-state index in [-0.39, 0.29) is 0 Å². The van der Waals surface area contributed by atoms with Gasteiger partial charge in [0.1, 0.15) is 25.0 Å². The fourth-order valence-electron chi connectivity index (χ4n) is 5.08. The van der Waals surface area contributed by atoms with Gasteiger partial charge in [-0.2, -0.15) is 0 Å². The molecule has 6 rings (SSSR count). The molecule has 4 heteroatoms. The van der Waals surface area contributed by atoms with E-state index in [4.69, 9.17) is 9.72 Å². The lowest BCUT2D eigenvalue weighted by atomic mass is 9.93. The highest BCUT2D eigenvalue weighted by Crippen LogP contribution is 2.47. The molecule has 1 aliphatic heterocycles. The Hall–Kier alpha value is -3.50. The van der Waals surface area contributed by atoms with Gasteiger partial charge < -0.3 is 4.74 Å².